The van der Waals surface area contributed by atoms with Crippen LogP contribution in [0.25, 0.3) is 0 Å². The van der Waals surface area contributed by atoms with E-state index in [9.17, 15) is 9.90 Å². The van der Waals surface area contributed by atoms with E-state index in [-0.39, 0.29) is 17.5 Å². The van der Waals surface area contributed by atoms with Crippen molar-refractivity contribution < 1.29 is 9.90 Å². The number of nitrogens with zero attached hydrogens (tertiary/aromatic N) is 2. The lowest BCUT2D eigenvalue weighted by atomic mass is 9.87. The molecule has 1 aliphatic rings. The Balaban J connectivity index is 1.53. The van der Waals surface area contributed by atoms with Crippen molar-refractivity contribution in [3.05, 3.63) is 65.2 Å². The van der Waals surface area contributed by atoms with Crippen molar-refractivity contribution in [1.82, 2.24) is 9.80 Å². The molecule has 1 heterocycles. The van der Waals surface area contributed by atoms with Gasteiger partial charge in [0.1, 0.15) is 5.75 Å². The number of phenolic OH excluding ortho intramolecular Hbond substituents is 1. The minimum Gasteiger partial charge on any atom is -0.508 e. The highest BCUT2D eigenvalue weighted by Crippen LogP contribution is 2.25. The second kappa shape index (κ2) is 8.26. The molecule has 3 rings (SSSR count). The third-order valence-electron chi connectivity index (χ3n) is 5.68. The SMILES string of the molecule is CN1C(=O)N(Cc2ccc(C(C)(C)C)cc2)CC1CCCc1ccc(O)cc1. The fourth-order valence-corrected chi connectivity index (χ4v) is 3.79. The molecule has 4 heteroatoms. The summed E-state index contributed by atoms with van der Waals surface area (Å²) in [7, 11) is 1.91. The highest BCUT2D eigenvalue weighted by Gasteiger charge is 2.33. The zero-order chi connectivity index (χ0) is 20.3. The number of aryl methyl sites for hydroxylation is 1. The Kier molecular flexibility index (Phi) is 5.97. The number of phenols is 1. The molecule has 0 aromatic heterocycles. The number of amides is 2. The largest absolute Gasteiger partial charge is 0.508 e. The van der Waals surface area contributed by atoms with Crippen molar-refractivity contribution in [3.63, 3.8) is 0 Å². The Morgan fingerprint density at radius 2 is 1.61 bits per heavy atom. The van der Waals surface area contributed by atoms with Crippen molar-refractivity contribution in [2.75, 3.05) is 13.6 Å². The predicted molar refractivity (Wildman–Crippen MR) is 114 cm³/mol. The Hall–Kier alpha value is -2.49. The summed E-state index contributed by atoms with van der Waals surface area (Å²) in [5.41, 5.74) is 3.86. The number of benzene rings is 2. The molecule has 2 aromatic carbocycles. The molecule has 1 N–H and O–H groups in total. The molecule has 0 aliphatic carbocycles. The van der Waals surface area contributed by atoms with Gasteiger partial charge in [-0.2, -0.15) is 0 Å². The van der Waals surface area contributed by atoms with E-state index in [1.54, 1.807) is 12.1 Å². The van der Waals surface area contributed by atoms with Gasteiger partial charge in [0, 0.05) is 20.1 Å². The lowest BCUT2D eigenvalue weighted by Gasteiger charge is -2.20. The summed E-state index contributed by atoms with van der Waals surface area (Å²) in [4.78, 5) is 16.5. The molecular weight excluding hydrogens is 348 g/mol. The first kappa shape index (κ1) is 20.2. The van der Waals surface area contributed by atoms with Crippen LogP contribution < -0.4 is 0 Å². The summed E-state index contributed by atoms with van der Waals surface area (Å²) in [6.07, 6.45) is 2.98. The van der Waals surface area contributed by atoms with Crippen LogP contribution in [0.1, 0.15) is 50.3 Å². The molecule has 1 unspecified atom stereocenters. The molecule has 4 nitrogen and oxygen atoms in total. The van der Waals surface area contributed by atoms with Crippen LogP contribution in [-0.4, -0.2) is 40.6 Å². The summed E-state index contributed by atoms with van der Waals surface area (Å²) >= 11 is 0. The van der Waals surface area contributed by atoms with Crippen LogP contribution in [0.4, 0.5) is 4.79 Å². The maximum Gasteiger partial charge on any atom is 0.320 e. The van der Waals surface area contributed by atoms with E-state index < -0.39 is 0 Å². The number of hydrogen-bond acceptors (Lipinski definition) is 2. The normalized spacial score (nSPS) is 17.4. The Morgan fingerprint density at radius 3 is 2.21 bits per heavy atom. The Bertz CT molecular complexity index is 791. The first-order valence-electron chi connectivity index (χ1n) is 10.1. The van der Waals surface area contributed by atoms with Gasteiger partial charge in [-0.1, -0.05) is 57.2 Å². The van der Waals surface area contributed by atoms with Gasteiger partial charge in [0.05, 0.1) is 6.04 Å². The molecule has 2 aromatic rings. The molecule has 150 valence electrons. The third-order valence-corrected chi connectivity index (χ3v) is 5.68. The maximum absolute atomic E-state index is 12.6. The third kappa shape index (κ3) is 4.86. The fourth-order valence-electron chi connectivity index (χ4n) is 3.79. The molecule has 2 amide bonds. The molecule has 0 saturated carbocycles. The van der Waals surface area contributed by atoms with Crippen LogP contribution in [0, 0.1) is 0 Å². The Labute approximate surface area is 168 Å². The van der Waals surface area contributed by atoms with Gasteiger partial charge in [-0.25, -0.2) is 4.79 Å². The number of hydrogen-bond donors (Lipinski definition) is 1. The summed E-state index contributed by atoms with van der Waals surface area (Å²) < 4.78 is 0. The molecule has 1 atom stereocenters. The smallest absolute Gasteiger partial charge is 0.320 e. The first-order valence-corrected chi connectivity index (χ1v) is 10.1. The number of rotatable bonds is 6. The van der Waals surface area contributed by atoms with Crippen LogP contribution in [0.2, 0.25) is 0 Å². The van der Waals surface area contributed by atoms with Crippen LogP contribution in [0.3, 0.4) is 0 Å². The van der Waals surface area contributed by atoms with Gasteiger partial charge in [0.15, 0.2) is 0 Å². The molecule has 0 spiro atoms. The zero-order valence-corrected chi connectivity index (χ0v) is 17.5. The van der Waals surface area contributed by atoms with E-state index in [1.165, 1.54) is 16.7 Å². The van der Waals surface area contributed by atoms with Gasteiger partial charge in [-0.05, 0) is 53.5 Å². The van der Waals surface area contributed by atoms with Gasteiger partial charge in [0.25, 0.3) is 0 Å². The van der Waals surface area contributed by atoms with Crippen molar-refractivity contribution in [3.8, 4) is 5.75 Å². The minimum atomic E-state index is 0.120. The predicted octanol–water partition coefficient (Wildman–Crippen LogP) is 4.95. The van der Waals surface area contributed by atoms with Crippen molar-refractivity contribution in [2.24, 2.45) is 0 Å². The summed E-state index contributed by atoms with van der Waals surface area (Å²) in [5, 5.41) is 9.37. The zero-order valence-electron chi connectivity index (χ0n) is 17.5. The minimum absolute atomic E-state index is 0.120. The van der Waals surface area contributed by atoms with Gasteiger partial charge < -0.3 is 14.9 Å². The lowest BCUT2D eigenvalue weighted by molar-refractivity contribution is 0.193. The van der Waals surface area contributed by atoms with E-state index in [1.807, 2.05) is 29.0 Å². The second-order valence-corrected chi connectivity index (χ2v) is 8.93. The molecule has 1 fully saturated rings. The average Bonchev–Trinajstić information content (AvgIpc) is 2.91. The van der Waals surface area contributed by atoms with Gasteiger partial charge in [-0.15, -0.1) is 0 Å². The number of likely N-dealkylation sites (N-methyl/N-ethyl adjacent to an activating group) is 1. The number of carbonyl (C=O) groups is 1. The standard InChI is InChI=1S/C24H32N2O2/c1-24(2,3)20-12-8-19(9-13-20)16-26-17-21(25(4)23(26)28)7-5-6-18-10-14-22(27)15-11-18/h8-15,21,27H,5-7,16-17H2,1-4H3. The van der Waals surface area contributed by atoms with Crippen LogP contribution in [0.5, 0.6) is 5.75 Å². The molecule has 1 aliphatic heterocycles. The monoisotopic (exact) mass is 380 g/mol. The second-order valence-electron chi connectivity index (χ2n) is 8.93. The maximum atomic E-state index is 12.6. The summed E-state index contributed by atoms with van der Waals surface area (Å²) in [6.45, 7) is 8.09. The van der Waals surface area contributed by atoms with Crippen LogP contribution >= 0.6 is 0 Å². The van der Waals surface area contributed by atoms with Gasteiger partial charge in [-0.3, -0.25) is 0 Å². The van der Waals surface area contributed by atoms with E-state index in [4.69, 9.17) is 0 Å². The quantitative estimate of drug-likeness (QED) is 0.771. The van der Waals surface area contributed by atoms with E-state index in [0.717, 1.165) is 25.8 Å². The van der Waals surface area contributed by atoms with E-state index in [0.29, 0.717) is 12.3 Å². The fraction of sp³-hybridized carbons (Fsp3) is 0.458. The van der Waals surface area contributed by atoms with Gasteiger partial charge >= 0.3 is 6.03 Å². The topological polar surface area (TPSA) is 43.8 Å². The molecule has 1 saturated heterocycles. The lowest BCUT2D eigenvalue weighted by Crippen LogP contribution is -2.31. The number of aromatic hydroxyl groups is 1. The Morgan fingerprint density at radius 1 is 1.00 bits per heavy atom. The molecule has 28 heavy (non-hydrogen) atoms. The highest BCUT2D eigenvalue weighted by atomic mass is 16.3. The number of carbonyl (C=O) groups excluding carboxylic acids is 1. The van der Waals surface area contributed by atoms with E-state index in [2.05, 4.69) is 45.0 Å². The van der Waals surface area contributed by atoms with Crippen molar-refractivity contribution in [1.29, 1.82) is 0 Å². The highest BCUT2D eigenvalue weighted by molar-refractivity contribution is 5.76. The van der Waals surface area contributed by atoms with E-state index >= 15 is 0 Å². The number of urea groups is 1. The van der Waals surface area contributed by atoms with Crippen LogP contribution in [0.15, 0.2) is 48.5 Å². The molecular formula is C24H32N2O2. The summed E-state index contributed by atoms with van der Waals surface area (Å²) in [6, 6.07) is 16.4. The summed E-state index contributed by atoms with van der Waals surface area (Å²) in [5.74, 6) is 0.302. The van der Waals surface area contributed by atoms with Crippen molar-refractivity contribution >= 4 is 6.03 Å². The molecule has 0 radical (unpaired) electrons. The van der Waals surface area contributed by atoms with Gasteiger partial charge in [0.2, 0.25) is 0 Å². The first-order chi connectivity index (χ1) is 13.2. The van der Waals surface area contributed by atoms with Crippen molar-refractivity contribution in [2.45, 2.75) is 58.0 Å². The molecule has 0 bridgehead atoms. The average molecular weight is 381 g/mol. The van der Waals surface area contributed by atoms with Crippen LogP contribution in [-0.2, 0) is 18.4 Å².